The maximum atomic E-state index is 12.6. The van der Waals surface area contributed by atoms with Crippen LogP contribution in [0.2, 0.25) is 15.1 Å². The van der Waals surface area contributed by atoms with Crippen LogP contribution < -0.4 is 5.73 Å². The Bertz CT molecular complexity index is 759. The van der Waals surface area contributed by atoms with Crippen LogP contribution in [0.5, 0.6) is 0 Å². The van der Waals surface area contributed by atoms with Gasteiger partial charge in [0.1, 0.15) is 17.6 Å². The van der Waals surface area contributed by atoms with Gasteiger partial charge in [0.25, 0.3) is 0 Å². The second-order valence-electron chi connectivity index (χ2n) is 3.85. The van der Waals surface area contributed by atoms with E-state index >= 15 is 0 Å². The van der Waals surface area contributed by atoms with Crippen molar-refractivity contribution in [3.63, 3.8) is 0 Å². The average Bonchev–Trinajstić information content (AvgIpc) is 2.64. The lowest BCUT2D eigenvalue weighted by Gasteiger charge is -2.10. The molecule has 0 radical (unpaired) electrons. The zero-order valence-corrected chi connectivity index (χ0v) is 13.3. The summed E-state index contributed by atoms with van der Waals surface area (Å²) >= 11 is 17.2. The SMILES string of the molecule is N#Cc1nn(-c2c(Cl)cc(Cl)cc2Cl)c(N)c1SC(F)(F)F. The minimum Gasteiger partial charge on any atom is -0.383 e. The summed E-state index contributed by atoms with van der Waals surface area (Å²) in [5.74, 6) is -0.398. The molecule has 0 aliphatic carbocycles. The summed E-state index contributed by atoms with van der Waals surface area (Å²) in [5, 5.41) is 13.0. The van der Waals surface area contributed by atoms with Crippen LogP contribution in [0.4, 0.5) is 19.0 Å². The Kier molecular flexibility index (Phi) is 4.73. The second kappa shape index (κ2) is 6.08. The number of rotatable bonds is 2. The summed E-state index contributed by atoms with van der Waals surface area (Å²) in [5.41, 5.74) is 0.603. The number of alkyl halides is 3. The van der Waals surface area contributed by atoms with Crippen molar-refractivity contribution in [1.29, 1.82) is 5.26 Å². The van der Waals surface area contributed by atoms with E-state index in [0.717, 1.165) is 4.68 Å². The molecule has 1 aromatic heterocycles. The molecule has 1 aromatic carbocycles. The third kappa shape index (κ3) is 3.38. The number of hydrogen-bond acceptors (Lipinski definition) is 4. The lowest BCUT2D eigenvalue weighted by Crippen LogP contribution is -2.05. The predicted molar refractivity (Wildman–Crippen MR) is 79.6 cm³/mol. The van der Waals surface area contributed by atoms with Crippen LogP contribution in [0.15, 0.2) is 17.0 Å². The van der Waals surface area contributed by atoms with Crippen LogP contribution in [0, 0.1) is 11.3 Å². The molecule has 0 saturated carbocycles. The monoisotopic (exact) mass is 386 g/mol. The topological polar surface area (TPSA) is 67.6 Å². The van der Waals surface area contributed by atoms with E-state index in [1.165, 1.54) is 12.1 Å². The summed E-state index contributed by atoms with van der Waals surface area (Å²) in [6.07, 6.45) is 0. The van der Waals surface area contributed by atoms with Crippen molar-refractivity contribution in [2.24, 2.45) is 0 Å². The summed E-state index contributed by atoms with van der Waals surface area (Å²) in [4.78, 5) is -0.517. The number of anilines is 1. The van der Waals surface area contributed by atoms with Gasteiger partial charge in [-0.3, -0.25) is 0 Å². The molecule has 2 N–H and O–H groups in total. The minimum absolute atomic E-state index is 0.0275. The largest absolute Gasteiger partial charge is 0.446 e. The highest BCUT2D eigenvalue weighted by atomic mass is 35.5. The van der Waals surface area contributed by atoms with Crippen molar-refractivity contribution in [2.75, 3.05) is 5.73 Å². The van der Waals surface area contributed by atoms with Crippen molar-refractivity contribution >= 4 is 52.4 Å². The Morgan fingerprint density at radius 3 is 2.23 bits per heavy atom. The normalized spacial score (nSPS) is 11.5. The minimum atomic E-state index is -4.62. The number of nitrogens with two attached hydrogens (primary N) is 1. The van der Waals surface area contributed by atoms with Gasteiger partial charge in [-0.05, 0) is 23.9 Å². The molecule has 0 saturated heterocycles. The molecular weight excluding hydrogens is 384 g/mol. The third-order valence-corrected chi connectivity index (χ3v) is 4.03. The average molecular weight is 388 g/mol. The van der Waals surface area contributed by atoms with E-state index in [2.05, 4.69) is 5.10 Å². The van der Waals surface area contributed by atoms with E-state index in [4.69, 9.17) is 45.8 Å². The van der Waals surface area contributed by atoms with E-state index < -0.39 is 33.7 Å². The van der Waals surface area contributed by atoms with Crippen molar-refractivity contribution < 1.29 is 13.2 Å². The molecule has 0 aliphatic heterocycles. The summed E-state index contributed by atoms with van der Waals surface area (Å²) in [7, 11) is 0. The molecule has 0 unspecified atom stereocenters. The molecule has 2 rings (SSSR count). The highest BCUT2D eigenvalue weighted by molar-refractivity contribution is 8.00. The number of hydrogen-bond donors (Lipinski definition) is 1. The molecule has 22 heavy (non-hydrogen) atoms. The molecule has 0 aliphatic rings. The maximum absolute atomic E-state index is 12.6. The molecular formula is C11H4Cl3F3N4S. The van der Waals surface area contributed by atoms with Crippen LogP contribution in [0.25, 0.3) is 5.69 Å². The van der Waals surface area contributed by atoms with Crippen molar-refractivity contribution in [1.82, 2.24) is 9.78 Å². The highest BCUT2D eigenvalue weighted by Crippen LogP contribution is 2.43. The Balaban J connectivity index is 2.67. The van der Waals surface area contributed by atoms with Gasteiger partial charge in [0.2, 0.25) is 0 Å². The van der Waals surface area contributed by atoms with Crippen LogP contribution in [-0.2, 0) is 0 Å². The molecule has 11 heteroatoms. The first kappa shape index (κ1) is 17.1. The van der Waals surface area contributed by atoms with Crippen LogP contribution in [-0.4, -0.2) is 15.3 Å². The number of thioether (sulfide) groups is 1. The zero-order valence-electron chi connectivity index (χ0n) is 10.2. The van der Waals surface area contributed by atoms with Gasteiger partial charge in [-0.25, -0.2) is 4.68 Å². The van der Waals surface area contributed by atoms with E-state index in [1.807, 2.05) is 0 Å². The Morgan fingerprint density at radius 2 is 1.77 bits per heavy atom. The van der Waals surface area contributed by atoms with Gasteiger partial charge >= 0.3 is 5.51 Å². The summed E-state index contributed by atoms with van der Waals surface area (Å²) in [6, 6.07) is 4.21. The Morgan fingerprint density at radius 1 is 1.23 bits per heavy atom. The zero-order chi connectivity index (χ0) is 16.7. The quantitative estimate of drug-likeness (QED) is 0.744. The number of nitrogen functional groups attached to an aromatic ring is 1. The predicted octanol–water partition coefficient (Wildman–Crippen LogP) is 4.90. The van der Waals surface area contributed by atoms with E-state index in [1.54, 1.807) is 6.07 Å². The van der Waals surface area contributed by atoms with Crippen LogP contribution >= 0.6 is 46.6 Å². The first-order chi connectivity index (χ1) is 10.1. The Hall–Kier alpha value is -1.27. The lowest BCUT2D eigenvalue weighted by atomic mass is 10.3. The fourth-order valence-corrected chi connectivity index (χ4v) is 3.20. The molecule has 4 nitrogen and oxygen atoms in total. The summed E-state index contributed by atoms with van der Waals surface area (Å²) < 4.78 is 38.5. The fraction of sp³-hybridized carbons (Fsp3) is 0.0909. The number of benzene rings is 1. The molecule has 0 spiro atoms. The van der Waals surface area contributed by atoms with Crippen molar-refractivity contribution in [3.05, 3.63) is 32.9 Å². The molecule has 2 aromatic rings. The fourth-order valence-electron chi connectivity index (χ4n) is 1.61. The van der Waals surface area contributed by atoms with Gasteiger partial charge in [0.15, 0.2) is 5.69 Å². The van der Waals surface area contributed by atoms with Crippen LogP contribution in [0.1, 0.15) is 5.69 Å². The second-order valence-corrected chi connectivity index (χ2v) is 6.18. The van der Waals surface area contributed by atoms with Gasteiger partial charge in [-0.15, -0.1) is 0 Å². The number of nitriles is 1. The standard InChI is InChI=1S/C11H4Cl3F3N4S/c12-4-1-5(13)8(6(14)2-4)21-10(19)9(7(3-18)20-21)22-11(15,16)17/h1-2H,19H2. The first-order valence-electron chi connectivity index (χ1n) is 5.33. The van der Waals surface area contributed by atoms with Gasteiger partial charge in [-0.2, -0.15) is 23.5 Å². The van der Waals surface area contributed by atoms with Crippen molar-refractivity contribution in [3.8, 4) is 11.8 Å². The van der Waals surface area contributed by atoms with Crippen molar-refractivity contribution in [2.45, 2.75) is 10.4 Å². The molecule has 0 bridgehead atoms. The van der Waals surface area contributed by atoms with Gasteiger partial charge in [0, 0.05) is 5.02 Å². The lowest BCUT2D eigenvalue weighted by molar-refractivity contribution is -0.0328. The number of aromatic nitrogens is 2. The third-order valence-electron chi connectivity index (χ3n) is 2.39. The molecule has 0 amide bonds. The molecule has 0 fully saturated rings. The smallest absolute Gasteiger partial charge is 0.383 e. The van der Waals surface area contributed by atoms with E-state index in [-0.39, 0.29) is 20.8 Å². The summed E-state index contributed by atoms with van der Waals surface area (Å²) in [6.45, 7) is 0. The maximum Gasteiger partial charge on any atom is 0.446 e. The molecule has 116 valence electrons. The molecule has 0 atom stereocenters. The number of halogens is 6. The van der Waals surface area contributed by atoms with Gasteiger partial charge in [-0.1, -0.05) is 34.8 Å². The van der Waals surface area contributed by atoms with Gasteiger partial charge < -0.3 is 5.73 Å². The van der Waals surface area contributed by atoms with E-state index in [0.29, 0.717) is 0 Å². The van der Waals surface area contributed by atoms with Gasteiger partial charge in [0.05, 0.1) is 14.9 Å². The Labute approximate surface area is 141 Å². The number of nitrogens with zero attached hydrogens (tertiary/aromatic N) is 3. The van der Waals surface area contributed by atoms with Crippen LogP contribution in [0.3, 0.4) is 0 Å². The first-order valence-corrected chi connectivity index (χ1v) is 7.28. The molecule has 1 heterocycles. The van der Waals surface area contributed by atoms with E-state index in [9.17, 15) is 13.2 Å². The highest BCUT2D eigenvalue weighted by Gasteiger charge is 2.34.